The van der Waals surface area contributed by atoms with Crippen molar-refractivity contribution in [3.8, 4) is 17.2 Å². The summed E-state index contributed by atoms with van der Waals surface area (Å²) in [5, 5.41) is 3.83. The number of halogens is 3. The van der Waals surface area contributed by atoms with Crippen molar-refractivity contribution in [2.24, 2.45) is 0 Å². The number of benzene rings is 4. The Balaban J connectivity index is 1.27. The van der Waals surface area contributed by atoms with Gasteiger partial charge in [0.1, 0.15) is 18.9 Å². The maximum atomic E-state index is 13.2. The minimum atomic E-state index is -4.65. The summed E-state index contributed by atoms with van der Waals surface area (Å²) in [7, 11) is 1.24. The van der Waals surface area contributed by atoms with Crippen molar-refractivity contribution in [1.29, 1.82) is 0 Å². The molecule has 0 unspecified atom stereocenters. The SMILES string of the molecule is CCOc1cc(/C=C2\SC(=O)N(CC(=O)Nc3cc(C(F)(F)F)ccc3OC)C2=O)ccc1OCc1ccc2ccccc2c1. The van der Waals surface area contributed by atoms with Crippen LogP contribution >= 0.6 is 11.8 Å². The summed E-state index contributed by atoms with van der Waals surface area (Å²) in [4.78, 5) is 39.2. The van der Waals surface area contributed by atoms with E-state index in [0.29, 0.717) is 42.0 Å². The van der Waals surface area contributed by atoms with Crippen LogP contribution < -0.4 is 19.5 Å². The maximum Gasteiger partial charge on any atom is 0.416 e. The first-order valence-electron chi connectivity index (χ1n) is 13.7. The zero-order valence-corrected chi connectivity index (χ0v) is 25.0. The van der Waals surface area contributed by atoms with Crippen LogP contribution in [0, 0.1) is 0 Å². The number of ether oxygens (including phenoxy) is 3. The Labute approximate surface area is 260 Å². The molecule has 4 aromatic rings. The van der Waals surface area contributed by atoms with Crippen molar-refractivity contribution in [3.63, 3.8) is 0 Å². The van der Waals surface area contributed by atoms with E-state index in [1.54, 1.807) is 18.2 Å². The fraction of sp³-hybridized carbons (Fsp3) is 0.182. The van der Waals surface area contributed by atoms with Crippen molar-refractivity contribution in [2.45, 2.75) is 19.7 Å². The highest BCUT2D eigenvalue weighted by Crippen LogP contribution is 2.37. The van der Waals surface area contributed by atoms with Gasteiger partial charge >= 0.3 is 6.18 Å². The molecule has 0 bridgehead atoms. The number of imide groups is 1. The predicted octanol–water partition coefficient (Wildman–Crippen LogP) is 7.52. The summed E-state index contributed by atoms with van der Waals surface area (Å²) in [6.07, 6.45) is -3.15. The first-order chi connectivity index (χ1) is 21.5. The second-order valence-electron chi connectivity index (χ2n) is 9.84. The summed E-state index contributed by atoms with van der Waals surface area (Å²) >= 11 is 0.643. The molecule has 3 amide bonds. The highest BCUT2D eigenvalue weighted by Gasteiger charge is 2.37. The number of amides is 3. The lowest BCUT2D eigenvalue weighted by atomic mass is 10.1. The zero-order chi connectivity index (χ0) is 32.1. The molecular weight excluding hydrogens is 609 g/mol. The largest absolute Gasteiger partial charge is 0.495 e. The molecule has 0 aromatic heterocycles. The van der Waals surface area contributed by atoms with Crippen LogP contribution in [0.2, 0.25) is 0 Å². The van der Waals surface area contributed by atoms with Crippen LogP contribution in [-0.4, -0.2) is 42.2 Å². The number of fused-ring (bicyclic) bond motifs is 1. The highest BCUT2D eigenvalue weighted by molar-refractivity contribution is 8.18. The van der Waals surface area contributed by atoms with Gasteiger partial charge in [-0.05, 0) is 83.1 Å². The van der Waals surface area contributed by atoms with Gasteiger partial charge in [-0.3, -0.25) is 19.3 Å². The van der Waals surface area contributed by atoms with Gasteiger partial charge in [-0.15, -0.1) is 0 Å². The Kier molecular flexibility index (Phi) is 9.33. The number of carbonyl (C=O) groups is 3. The fourth-order valence-electron chi connectivity index (χ4n) is 4.59. The lowest BCUT2D eigenvalue weighted by molar-refractivity contribution is -0.137. The van der Waals surface area contributed by atoms with E-state index < -0.39 is 35.3 Å². The molecule has 0 atom stereocenters. The molecule has 232 valence electrons. The first-order valence-corrected chi connectivity index (χ1v) is 14.5. The number of rotatable bonds is 10. The smallest absolute Gasteiger partial charge is 0.416 e. The molecule has 1 aliphatic heterocycles. The van der Waals surface area contributed by atoms with Crippen LogP contribution in [0.3, 0.4) is 0 Å². The third-order valence-corrected chi connectivity index (χ3v) is 7.66. The van der Waals surface area contributed by atoms with Gasteiger partial charge in [0.25, 0.3) is 11.1 Å². The normalized spacial score (nSPS) is 14.2. The third-order valence-electron chi connectivity index (χ3n) is 6.75. The van der Waals surface area contributed by atoms with Crippen molar-refractivity contribution >= 4 is 51.4 Å². The first kappa shape index (κ1) is 31.5. The number of nitrogens with one attached hydrogen (secondary N) is 1. The van der Waals surface area contributed by atoms with Gasteiger partial charge in [-0.25, -0.2) is 0 Å². The van der Waals surface area contributed by atoms with E-state index >= 15 is 0 Å². The number of hydrogen-bond donors (Lipinski definition) is 1. The van der Waals surface area contributed by atoms with Crippen LogP contribution in [0.4, 0.5) is 23.7 Å². The van der Waals surface area contributed by atoms with Crippen molar-refractivity contribution < 1.29 is 41.8 Å². The molecule has 0 radical (unpaired) electrons. The van der Waals surface area contributed by atoms with Crippen LogP contribution in [0.1, 0.15) is 23.6 Å². The van der Waals surface area contributed by atoms with Gasteiger partial charge in [0.05, 0.1) is 29.9 Å². The molecule has 1 fully saturated rings. The van der Waals surface area contributed by atoms with E-state index in [-0.39, 0.29) is 16.3 Å². The minimum absolute atomic E-state index is 0.0137. The molecule has 1 N–H and O–H groups in total. The molecular formula is C33H27F3N2O6S. The molecule has 0 spiro atoms. The van der Waals surface area contributed by atoms with Gasteiger partial charge in [-0.1, -0.05) is 42.5 Å². The monoisotopic (exact) mass is 636 g/mol. The summed E-state index contributed by atoms with van der Waals surface area (Å²) in [6.45, 7) is 1.79. The van der Waals surface area contributed by atoms with Gasteiger partial charge in [0.15, 0.2) is 11.5 Å². The molecule has 1 heterocycles. The van der Waals surface area contributed by atoms with E-state index in [9.17, 15) is 27.6 Å². The minimum Gasteiger partial charge on any atom is -0.495 e. The molecule has 1 saturated heterocycles. The Hall–Kier alpha value is -4.97. The van der Waals surface area contributed by atoms with Gasteiger partial charge in [0.2, 0.25) is 5.91 Å². The second kappa shape index (κ2) is 13.3. The molecule has 4 aromatic carbocycles. The number of methoxy groups -OCH3 is 1. The summed E-state index contributed by atoms with van der Waals surface area (Å²) in [6, 6.07) is 21.8. The molecule has 0 saturated carbocycles. The predicted molar refractivity (Wildman–Crippen MR) is 165 cm³/mol. The number of thioether (sulfide) groups is 1. The van der Waals surface area contributed by atoms with Gasteiger partial charge in [-0.2, -0.15) is 13.2 Å². The number of anilines is 1. The quantitative estimate of drug-likeness (QED) is 0.180. The number of hydrogen-bond acceptors (Lipinski definition) is 7. The Morgan fingerprint density at radius 2 is 1.67 bits per heavy atom. The van der Waals surface area contributed by atoms with Crippen molar-refractivity contribution in [1.82, 2.24) is 4.90 Å². The summed E-state index contributed by atoms with van der Waals surface area (Å²) in [5.41, 5.74) is 0.292. The Morgan fingerprint density at radius 1 is 0.911 bits per heavy atom. The van der Waals surface area contributed by atoms with Crippen LogP contribution in [0.15, 0.2) is 83.8 Å². The van der Waals surface area contributed by atoms with Crippen molar-refractivity contribution in [3.05, 3.63) is 100 Å². The van der Waals surface area contributed by atoms with Crippen LogP contribution in [0.25, 0.3) is 16.8 Å². The highest BCUT2D eigenvalue weighted by atomic mass is 32.2. The van der Waals surface area contributed by atoms with Crippen molar-refractivity contribution in [2.75, 3.05) is 25.6 Å². The maximum absolute atomic E-state index is 13.2. The number of nitrogens with zero attached hydrogens (tertiary/aromatic N) is 1. The van der Waals surface area contributed by atoms with Crippen LogP contribution in [-0.2, 0) is 22.4 Å². The second-order valence-corrected chi connectivity index (χ2v) is 10.8. The molecule has 0 aliphatic carbocycles. The van der Waals surface area contributed by atoms with Gasteiger partial charge < -0.3 is 19.5 Å². The fourth-order valence-corrected chi connectivity index (χ4v) is 5.43. The number of alkyl halides is 3. The summed E-state index contributed by atoms with van der Waals surface area (Å²) < 4.78 is 56.3. The third kappa shape index (κ3) is 7.40. The average molecular weight is 637 g/mol. The molecule has 8 nitrogen and oxygen atoms in total. The Bertz CT molecular complexity index is 1810. The van der Waals surface area contributed by atoms with E-state index in [0.717, 1.165) is 39.4 Å². The molecule has 45 heavy (non-hydrogen) atoms. The van der Waals surface area contributed by atoms with E-state index in [4.69, 9.17) is 14.2 Å². The number of carbonyl (C=O) groups excluding carboxylic acids is 3. The topological polar surface area (TPSA) is 94.2 Å². The summed E-state index contributed by atoms with van der Waals surface area (Å²) in [5.74, 6) is -0.661. The standard InChI is InChI=1S/C33H27F3N2O6S/c1-3-43-28-15-20(9-12-27(28)44-19-21-8-10-22-6-4-5-7-23(22)14-21)16-29-31(40)38(32(41)45-29)18-30(39)37-25-17-24(33(34,35)36)11-13-26(25)42-2/h4-17H,3,18-19H2,1-2H3,(H,37,39)/b29-16-. The lowest BCUT2D eigenvalue weighted by Gasteiger charge is -2.16. The average Bonchev–Trinajstić information content (AvgIpc) is 3.27. The van der Waals surface area contributed by atoms with Gasteiger partial charge in [0, 0.05) is 0 Å². The lowest BCUT2D eigenvalue weighted by Crippen LogP contribution is -2.36. The van der Waals surface area contributed by atoms with Crippen LogP contribution in [0.5, 0.6) is 17.2 Å². The van der Waals surface area contributed by atoms with E-state index in [1.165, 1.54) is 13.2 Å². The molecule has 5 rings (SSSR count). The van der Waals surface area contributed by atoms with E-state index in [2.05, 4.69) is 11.4 Å². The molecule has 12 heteroatoms. The Morgan fingerprint density at radius 3 is 2.40 bits per heavy atom. The molecule has 1 aliphatic rings. The zero-order valence-electron chi connectivity index (χ0n) is 24.1. The van der Waals surface area contributed by atoms with E-state index in [1.807, 2.05) is 43.3 Å².